The van der Waals surface area contributed by atoms with Crippen LogP contribution in [0.15, 0.2) is 60.7 Å². The molecule has 3 rings (SSSR count). The van der Waals surface area contributed by atoms with Crippen LogP contribution in [-0.2, 0) is 16.0 Å². The maximum atomic E-state index is 11.7. The van der Waals surface area contributed by atoms with Gasteiger partial charge in [-0.2, -0.15) is 0 Å². The zero-order valence-corrected chi connectivity index (χ0v) is 17.9. The van der Waals surface area contributed by atoms with Crippen LogP contribution < -0.4 is 5.46 Å². The number of rotatable bonds is 2. The highest BCUT2D eigenvalue weighted by molar-refractivity contribution is 14.1. The Kier molecular flexibility index (Phi) is 9.75. The zero-order valence-electron chi connectivity index (χ0n) is 15.7. The van der Waals surface area contributed by atoms with Crippen LogP contribution in [-0.4, -0.2) is 23.0 Å². The van der Waals surface area contributed by atoms with Gasteiger partial charge in [-0.1, -0.05) is 60.7 Å². The Bertz CT molecular complexity index is 608. The third kappa shape index (κ3) is 6.97. The van der Waals surface area contributed by atoms with Crippen molar-refractivity contribution in [2.24, 2.45) is 0 Å². The van der Waals surface area contributed by atoms with E-state index in [0.29, 0.717) is 0 Å². The van der Waals surface area contributed by atoms with Crippen LogP contribution in [0.2, 0.25) is 0 Å². The summed E-state index contributed by atoms with van der Waals surface area (Å²) in [5.74, 6) is 0. The Morgan fingerprint density at radius 3 is 1.54 bits per heavy atom. The number of hydrogen-bond acceptors (Lipinski definition) is 2. The molecule has 0 unspecified atom stereocenters. The summed E-state index contributed by atoms with van der Waals surface area (Å²) in [4.78, 5) is 0. The van der Waals surface area contributed by atoms with Gasteiger partial charge in [0.15, 0.2) is 0 Å². The van der Waals surface area contributed by atoms with Gasteiger partial charge in [0.1, 0.15) is 11.4 Å². The summed E-state index contributed by atoms with van der Waals surface area (Å²) in [6, 6.07) is 19.1. The molecule has 26 heavy (non-hydrogen) atoms. The summed E-state index contributed by atoms with van der Waals surface area (Å²) in [5.41, 5.74) is 1.31. The first-order chi connectivity index (χ1) is 12.3. The summed E-state index contributed by atoms with van der Waals surface area (Å²) < 4.78 is 33.6. The molecule has 0 aromatic heterocycles. The molecule has 2 nitrogen and oxygen atoms in total. The standard InChI is InChI=1S/C12H17BO2.C7H7F.CH2FI/c1-11(2)12(3,4)15-13(14-11)10-8-6-5-7-9-10;8-6-7-4-2-1-3-5-7;2-1-3/h5-9H,1-4H3;1-5H,6H2;1H2. The van der Waals surface area contributed by atoms with Crippen LogP contribution in [0.4, 0.5) is 8.78 Å². The number of hydrogen-bond donors (Lipinski definition) is 0. The third-order valence-electron chi connectivity index (χ3n) is 4.32. The molecule has 2 aromatic carbocycles. The minimum atomic E-state index is -0.360. The van der Waals surface area contributed by atoms with Crippen LogP contribution in [0.3, 0.4) is 0 Å². The largest absolute Gasteiger partial charge is 0.494 e. The summed E-state index contributed by atoms with van der Waals surface area (Å²) in [7, 11) is -0.240. The van der Waals surface area contributed by atoms with Crippen molar-refractivity contribution in [3.8, 4) is 0 Å². The topological polar surface area (TPSA) is 18.5 Å². The molecular weight excluding hydrogens is 448 g/mol. The lowest BCUT2D eigenvalue weighted by atomic mass is 9.79. The molecule has 6 heteroatoms. The molecule has 1 fully saturated rings. The lowest BCUT2D eigenvalue weighted by molar-refractivity contribution is 0.00578. The summed E-state index contributed by atoms with van der Waals surface area (Å²) >= 11 is 1.62. The third-order valence-corrected chi connectivity index (χ3v) is 4.32. The Morgan fingerprint density at radius 2 is 1.19 bits per heavy atom. The van der Waals surface area contributed by atoms with Crippen molar-refractivity contribution in [3.05, 3.63) is 66.2 Å². The van der Waals surface area contributed by atoms with Gasteiger partial charge in [-0.15, -0.1) is 0 Å². The quantitative estimate of drug-likeness (QED) is 0.326. The van der Waals surface area contributed by atoms with Crippen molar-refractivity contribution < 1.29 is 18.1 Å². The molecule has 1 saturated heterocycles. The van der Waals surface area contributed by atoms with E-state index in [1.807, 2.05) is 48.5 Å². The van der Waals surface area contributed by atoms with Gasteiger partial charge in [-0.3, -0.25) is 0 Å². The average molecular weight is 474 g/mol. The van der Waals surface area contributed by atoms with E-state index < -0.39 is 0 Å². The highest BCUT2D eigenvalue weighted by Gasteiger charge is 2.51. The lowest BCUT2D eigenvalue weighted by Crippen LogP contribution is -2.41. The van der Waals surface area contributed by atoms with E-state index in [2.05, 4.69) is 27.7 Å². The monoisotopic (exact) mass is 474 g/mol. The summed E-state index contributed by atoms with van der Waals surface area (Å²) in [6.07, 6.45) is 0. The van der Waals surface area contributed by atoms with Crippen molar-refractivity contribution in [3.63, 3.8) is 0 Å². The maximum absolute atomic E-state index is 11.7. The van der Waals surface area contributed by atoms with Crippen molar-refractivity contribution in [1.82, 2.24) is 0 Å². The van der Waals surface area contributed by atoms with E-state index in [0.717, 1.165) is 11.0 Å². The lowest BCUT2D eigenvalue weighted by Gasteiger charge is -2.32. The van der Waals surface area contributed by atoms with E-state index >= 15 is 0 Å². The molecule has 0 atom stereocenters. The number of halogens is 3. The van der Waals surface area contributed by atoms with Gasteiger partial charge in [-0.25, -0.2) is 8.78 Å². The molecule has 0 spiro atoms. The molecule has 1 aliphatic rings. The first-order valence-electron chi connectivity index (χ1n) is 8.40. The molecule has 2 aromatic rings. The second-order valence-corrected chi connectivity index (χ2v) is 7.30. The summed E-state index contributed by atoms with van der Waals surface area (Å²) in [6.45, 7) is 7.90. The Hall–Kier alpha value is -0.985. The molecular formula is C20H26BF2IO2. The predicted octanol–water partition coefficient (Wildman–Crippen LogP) is 5.49. The molecule has 142 valence electrons. The molecule has 1 aliphatic heterocycles. The van der Waals surface area contributed by atoms with Gasteiger partial charge in [0.05, 0.1) is 11.2 Å². The second kappa shape index (κ2) is 11.0. The van der Waals surface area contributed by atoms with E-state index in [9.17, 15) is 8.78 Å². The van der Waals surface area contributed by atoms with Gasteiger partial charge in [0, 0.05) is 0 Å². The number of alkyl halides is 3. The van der Waals surface area contributed by atoms with Gasteiger partial charge in [0.25, 0.3) is 0 Å². The van der Waals surface area contributed by atoms with Gasteiger partial charge < -0.3 is 9.31 Å². The smallest absolute Gasteiger partial charge is 0.399 e. The Labute approximate surface area is 169 Å². The highest BCUT2D eigenvalue weighted by Crippen LogP contribution is 2.36. The van der Waals surface area contributed by atoms with E-state index in [-0.39, 0.29) is 29.7 Å². The van der Waals surface area contributed by atoms with Crippen LogP contribution in [0, 0.1) is 0 Å². The molecule has 0 radical (unpaired) electrons. The number of benzene rings is 2. The SMILES string of the molecule is CC1(C)OB(c2ccccc2)OC1(C)C.FCI.FCc1ccccc1. The first kappa shape index (κ1) is 23.1. The van der Waals surface area contributed by atoms with Crippen molar-refractivity contribution in [1.29, 1.82) is 0 Å². The fourth-order valence-corrected chi connectivity index (χ4v) is 2.16. The van der Waals surface area contributed by atoms with Gasteiger partial charge in [0.2, 0.25) is 0 Å². The van der Waals surface area contributed by atoms with Crippen LogP contribution in [0.25, 0.3) is 0 Å². The average Bonchev–Trinajstić information content (AvgIpc) is 2.85. The van der Waals surface area contributed by atoms with Crippen LogP contribution in [0.5, 0.6) is 0 Å². The van der Waals surface area contributed by atoms with E-state index in [4.69, 9.17) is 9.31 Å². The van der Waals surface area contributed by atoms with Gasteiger partial charge in [-0.05, 0) is 61.3 Å². The minimum Gasteiger partial charge on any atom is -0.399 e. The van der Waals surface area contributed by atoms with E-state index in [1.54, 1.807) is 34.7 Å². The Balaban J connectivity index is 0.000000258. The van der Waals surface area contributed by atoms with Gasteiger partial charge >= 0.3 is 7.12 Å². The molecule has 0 N–H and O–H groups in total. The molecule has 0 bridgehead atoms. The van der Waals surface area contributed by atoms with Crippen molar-refractivity contribution >= 4 is 35.2 Å². The van der Waals surface area contributed by atoms with Crippen LogP contribution >= 0.6 is 22.6 Å². The van der Waals surface area contributed by atoms with Crippen molar-refractivity contribution in [2.45, 2.75) is 45.6 Å². The zero-order chi connectivity index (χ0) is 19.6. The normalized spacial score (nSPS) is 16.8. The molecule has 0 saturated carbocycles. The van der Waals surface area contributed by atoms with Crippen LogP contribution in [0.1, 0.15) is 33.3 Å². The van der Waals surface area contributed by atoms with E-state index in [1.165, 1.54) is 0 Å². The fourth-order valence-electron chi connectivity index (χ4n) is 2.16. The second-order valence-electron chi connectivity index (χ2n) is 6.72. The summed E-state index contributed by atoms with van der Waals surface area (Å²) in [5, 5.41) is 0. The molecule has 0 aliphatic carbocycles. The fraction of sp³-hybridized carbons (Fsp3) is 0.400. The molecule has 1 heterocycles. The van der Waals surface area contributed by atoms with Crippen molar-refractivity contribution in [2.75, 3.05) is 4.68 Å². The highest BCUT2D eigenvalue weighted by atomic mass is 127. The molecule has 0 amide bonds. The first-order valence-corrected chi connectivity index (χ1v) is 9.92. The predicted molar refractivity (Wildman–Crippen MR) is 113 cm³/mol. The Morgan fingerprint density at radius 1 is 0.808 bits per heavy atom. The minimum absolute atomic E-state index is 0.240. The maximum Gasteiger partial charge on any atom is 0.494 e.